The van der Waals surface area contributed by atoms with E-state index in [1.54, 1.807) is 18.2 Å². The largest absolute Gasteiger partial charge is 0.447 e. The van der Waals surface area contributed by atoms with Gasteiger partial charge < -0.3 is 4.42 Å². The molecule has 1 aromatic carbocycles. The van der Waals surface area contributed by atoms with Gasteiger partial charge in [-0.25, -0.2) is 18.1 Å². The highest BCUT2D eigenvalue weighted by Crippen LogP contribution is 2.41. The van der Waals surface area contributed by atoms with E-state index in [0.29, 0.717) is 5.76 Å². The van der Waals surface area contributed by atoms with Crippen LogP contribution in [-0.2, 0) is 10.0 Å². The average Bonchev–Trinajstić information content (AvgIpc) is 3.16. The molecule has 1 heterocycles. The summed E-state index contributed by atoms with van der Waals surface area (Å²) in [6, 6.07) is 7.71. The Kier molecular flexibility index (Phi) is 3.06. The topological polar surface area (TPSA) is 89.3 Å². The van der Waals surface area contributed by atoms with Gasteiger partial charge in [0.05, 0.1) is 4.90 Å². The number of benzene rings is 1. The molecule has 6 nitrogen and oxygen atoms in total. The van der Waals surface area contributed by atoms with Crippen LogP contribution in [0, 0.1) is 0 Å². The predicted octanol–water partition coefficient (Wildman–Crippen LogP) is 1.67. The van der Waals surface area contributed by atoms with Crippen molar-refractivity contribution in [2.24, 2.45) is 0 Å². The van der Waals surface area contributed by atoms with Crippen LogP contribution in [-0.4, -0.2) is 19.3 Å². The van der Waals surface area contributed by atoms with Crippen LogP contribution in [0.4, 0.5) is 0 Å². The zero-order valence-electron chi connectivity index (χ0n) is 10.4. The first-order valence-electron chi connectivity index (χ1n) is 6.13. The van der Waals surface area contributed by atoms with Gasteiger partial charge in [0.25, 0.3) is 15.9 Å². The molecule has 2 aromatic rings. The lowest BCUT2D eigenvalue weighted by Crippen LogP contribution is -2.31. The van der Waals surface area contributed by atoms with E-state index in [1.165, 1.54) is 12.1 Å². The van der Waals surface area contributed by atoms with Crippen molar-refractivity contribution in [3.8, 4) is 0 Å². The average molecular weight is 292 g/mol. The molecule has 0 bridgehead atoms. The summed E-state index contributed by atoms with van der Waals surface area (Å²) in [4.78, 5) is 15.9. The van der Waals surface area contributed by atoms with Gasteiger partial charge in [0.2, 0.25) is 0 Å². The highest BCUT2D eigenvalue weighted by Gasteiger charge is 2.33. The highest BCUT2D eigenvalue weighted by atomic mass is 32.2. The number of hydrogen-bond acceptors (Lipinski definition) is 5. The standard InChI is InChI=1S/C13H12N2O4S/c16-13(11-12(9-6-7-9)19-8-14-11)15-20(17,18)10-4-2-1-3-5-10/h1-5,8-9H,6-7H2,(H,15,16). The minimum absolute atomic E-state index is 0.0322. The third-order valence-corrected chi connectivity index (χ3v) is 4.39. The maximum atomic E-state index is 12.0. The van der Waals surface area contributed by atoms with E-state index in [1.807, 2.05) is 4.72 Å². The molecule has 1 aliphatic carbocycles. The van der Waals surface area contributed by atoms with Crippen molar-refractivity contribution < 1.29 is 17.6 Å². The van der Waals surface area contributed by atoms with Gasteiger partial charge in [-0.2, -0.15) is 0 Å². The Morgan fingerprint density at radius 1 is 1.25 bits per heavy atom. The molecule has 1 amide bonds. The molecule has 0 unspecified atom stereocenters. The fourth-order valence-corrected chi connectivity index (χ4v) is 2.86. The van der Waals surface area contributed by atoms with Crippen molar-refractivity contribution in [1.29, 1.82) is 0 Å². The molecule has 0 radical (unpaired) electrons. The summed E-state index contributed by atoms with van der Waals surface area (Å²) in [5.41, 5.74) is 0.0482. The van der Waals surface area contributed by atoms with Gasteiger partial charge in [0, 0.05) is 5.92 Å². The van der Waals surface area contributed by atoms with E-state index in [2.05, 4.69) is 4.98 Å². The van der Waals surface area contributed by atoms with Crippen LogP contribution in [0.3, 0.4) is 0 Å². The molecule has 0 saturated heterocycles. The van der Waals surface area contributed by atoms with E-state index in [4.69, 9.17) is 4.42 Å². The van der Waals surface area contributed by atoms with Crippen LogP contribution in [0.1, 0.15) is 35.0 Å². The van der Waals surface area contributed by atoms with Crippen molar-refractivity contribution in [3.63, 3.8) is 0 Å². The first kappa shape index (κ1) is 12.9. The van der Waals surface area contributed by atoms with E-state index in [9.17, 15) is 13.2 Å². The second-order valence-corrected chi connectivity index (χ2v) is 6.27. The Bertz CT molecular complexity index is 733. The van der Waals surface area contributed by atoms with Crippen molar-refractivity contribution in [2.45, 2.75) is 23.7 Å². The normalized spacial score (nSPS) is 15.0. The molecule has 1 aliphatic rings. The van der Waals surface area contributed by atoms with Crippen LogP contribution in [0.5, 0.6) is 0 Å². The van der Waals surface area contributed by atoms with Crippen molar-refractivity contribution >= 4 is 15.9 Å². The van der Waals surface area contributed by atoms with Crippen molar-refractivity contribution in [1.82, 2.24) is 9.71 Å². The van der Waals surface area contributed by atoms with Crippen LogP contribution in [0.15, 0.2) is 46.0 Å². The van der Waals surface area contributed by atoms with Crippen LogP contribution >= 0.6 is 0 Å². The summed E-state index contributed by atoms with van der Waals surface area (Å²) in [5.74, 6) is -0.118. The summed E-state index contributed by atoms with van der Waals surface area (Å²) in [6.07, 6.45) is 3.03. The first-order chi connectivity index (χ1) is 9.58. The molecule has 0 aliphatic heterocycles. The monoisotopic (exact) mass is 292 g/mol. The Balaban J connectivity index is 1.84. The molecule has 20 heavy (non-hydrogen) atoms. The molecule has 1 aromatic heterocycles. The van der Waals surface area contributed by atoms with Gasteiger partial charge in [-0.15, -0.1) is 0 Å². The van der Waals surface area contributed by atoms with E-state index < -0.39 is 15.9 Å². The maximum absolute atomic E-state index is 12.0. The molecule has 0 spiro atoms. The number of hydrogen-bond donors (Lipinski definition) is 1. The fraction of sp³-hybridized carbons (Fsp3) is 0.231. The van der Waals surface area contributed by atoms with Crippen molar-refractivity contribution in [3.05, 3.63) is 48.2 Å². The lowest BCUT2D eigenvalue weighted by atomic mass is 10.2. The molecular weight excluding hydrogens is 280 g/mol. The Hall–Kier alpha value is -2.15. The SMILES string of the molecule is O=C(NS(=O)(=O)c1ccccc1)c1ncoc1C1CC1. The molecule has 1 N–H and O–H groups in total. The van der Waals surface area contributed by atoms with Gasteiger partial charge in [-0.1, -0.05) is 18.2 Å². The lowest BCUT2D eigenvalue weighted by Gasteiger charge is -2.05. The molecule has 7 heteroatoms. The summed E-state index contributed by atoms with van der Waals surface area (Å²) in [7, 11) is -3.89. The Morgan fingerprint density at radius 3 is 2.60 bits per heavy atom. The summed E-state index contributed by atoms with van der Waals surface area (Å²) >= 11 is 0. The Morgan fingerprint density at radius 2 is 1.95 bits per heavy atom. The van der Waals surface area contributed by atoms with Crippen LogP contribution < -0.4 is 4.72 Å². The number of rotatable bonds is 4. The molecule has 1 fully saturated rings. The quantitative estimate of drug-likeness (QED) is 0.925. The lowest BCUT2D eigenvalue weighted by molar-refractivity contribution is 0.0975. The second-order valence-electron chi connectivity index (χ2n) is 4.59. The smallest absolute Gasteiger partial charge is 0.287 e. The van der Waals surface area contributed by atoms with Crippen molar-refractivity contribution in [2.75, 3.05) is 0 Å². The number of carbonyl (C=O) groups excluding carboxylic acids is 1. The number of nitrogens with zero attached hydrogens (tertiary/aromatic N) is 1. The molecular formula is C13H12N2O4S. The number of nitrogens with one attached hydrogen (secondary N) is 1. The first-order valence-corrected chi connectivity index (χ1v) is 7.62. The van der Waals surface area contributed by atoms with Gasteiger partial charge >= 0.3 is 0 Å². The number of aromatic nitrogens is 1. The molecule has 3 rings (SSSR count). The predicted molar refractivity (Wildman–Crippen MR) is 69.6 cm³/mol. The van der Waals surface area contributed by atoms with E-state index in [0.717, 1.165) is 19.2 Å². The molecule has 0 atom stereocenters. The van der Waals surface area contributed by atoms with Crippen LogP contribution in [0.2, 0.25) is 0 Å². The Labute approximate surface area is 115 Å². The number of carbonyl (C=O) groups is 1. The molecule has 1 saturated carbocycles. The minimum atomic E-state index is -3.89. The number of oxazole rings is 1. The zero-order chi connectivity index (χ0) is 14.2. The third-order valence-electron chi connectivity index (χ3n) is 3.04. The second kappa shape index (κ2) is 4.75. The minimum Gasteiger partial charge on any atom is -0.447 e. The third kappa shape index (κ3) is 2.44. The van der Waals surface area contributed by atoms with E-state index >= 15 is 0 Å². The number of sulfonamides is 1. The summed E-state index contributed by atoms with van der Waals surface area (Å²) in [5, 5.41) is 0. The van der Waals surface area contributed by atoms with E-state index in [-0.39, 0.29) is 16.5 Å². The maximum Gasteiger partial charge on any atom is 0.287 e. The molecule has 104 valence electrons. The van der Waals surface area contributed by atoms with Gasteiger partial charge in [0.15, 0.2) is 12.1 Å². The summed E-state index contributed by atoms with van der Waals surface area (Å²) in [6.45, 7) is 0. The van der Waals surface area contributed by atoms with Gasteiger partial charge in [-0.3, -0.25) is 4.79 Å². The zero-order valence-corrected chi connectivity index (χ0v) is 11.3. The fourth-order valence-electron chi connectivity index (χ4n) is 1.89. The van der Waals surface area contributed by atoms with Crippen LogP contribution in [0.25, 0.3) is 0 Å². The number of amides is 1. The van der Waals surface area contributed by atoms with Gasteiger partial charge in [0.1, 0.15) is 5.76 Å². The van der Waals surface area contributed by atoms with Gasteiger partial charge in [-0.05, 0) is 25.0 Å². The highest BCUT2D eigenvalue weighted by molar-refractivity contribution is 7.90. The summed E-state index contributed by atoms with van der Waals surface area (Å²) < 4.78 is 31.3.